The van der Waals surface area contributed by atoms with Gasteiger partial charge in [0.2, 0.25) is 0 Å². The molecule has 3 aromatic rings. The summed E-state index contributed by atoms with van der Waals surface area (Å²) in [6.07, 6.45) is 1.14. The second-order valence-corrected chi connectivity index (χ2v) is 6.37. The van der Waals surface area contributed by atoms with Crippen LogP contribution in [0.5, 0.6) is 0 Å². The smallest absolute Gasteiger partial charge is 0.407 e. The average Bonchev–Trinajstić information content (AvgIpc) is 3.21. The van der Waals surface area contributed by atoms with Gasteiger partial charge in [-0.3, -0.25) is 0 Å². The molecule has 3 heterocycles. The fourth-order valence-electron chi connectivity index (χ4n) is 3.18. The molecular weight excluding hydrogens is 344 g/mol. The van der Waals surface area contributed by atoms with E-state index >= 15 is 0 Å². The second-order valence-electron chi connectivity index (χ2n) is 5.93. The lowest BCUT2D eigenvalue weighted by Gasteiger charge is -2.13. The summed E-state index contributed by atoms with van der Waals surface area (Å²) in [6, 6.07) is 7.19. The number of hydrogen-bond donors (Lipinski definition) is 2. The quantitative estimate of drug-likeness (QED) is 0.728. The largest absolute Gasteiger partial charge is 0.465 e. The summed E-state index contributed by atoms with van der Waals surface area (Å²) in [5.41, 5.74) is 8.20. The summed E-state index contributed by atoms with van der Waals surface area (Å²) in [5.74, 6) is 0.342. The Morgan fingerprint density at radius 1 is 1.28 bits per heavy atom. The van der Waals surface area contributed by atoms with Crippen molar-refractivity contribution in [3.63, 3.8) is 0 Å². The zero-order chi connectivity index (χ0) is 17.6. The maximum atomic E-state index is 11.2. The predicted octanol–water partition coefficient (Wildman–Crippen LogP) is 2.65. The van der Waals surface area contributed by atoms with Crippen LogP contribution in [0.1, 0.15) is 12.5 Å². The van der Waals surface area contributed by atoms with Crippen molar-refractivity contribution in [2.75, 3.05) is 18.8 Å². The van der Waals surface area contributed by atoms with Gasteiger partial charge in [0, 0.05) is 23.7 Å². The number of fused-ring (bicyclic) bond motifs is 1. The van der Waals surface area contributed by atoms with Crippen LogP contribution >= 0.6 is 11.6 Å². The molecule has 1 aliphatic rings. The first-order chi connectivity index (χ1) is 12.0. The zero-order valence-corrected chi connectivity index (χ0v) is 13.9. The van der Waals surface area contributed by atoms with Crippen LogP contribution in [0.3, 0.4) is 0 Å². The normalized spacial score (nSPS) is 17.3. The molecular formula is C16H15ClN6O2. The van der Waals surface area contributed by atoms with Crippen molar-refractivity contribution < 1.29 is 9.90 Å². The Balaban J connectivity index is 1.85. The van der Waals surface area contributed by atoms with Crippen molar-refractivity contribution in [3.05, 3.63) is 35.6 Å². The molecule has 0 saturated carbocycles. The van der Waals surface area contributed by atoms with Crippen molar-refractivity contribution in [2.45, 2.75) is 12.5 Å². The molecule has 1 aliphatic heterocycles. The Kier molecular flexibility index (Phi) is 3.69. The molecule has 2 aromatic heterocycles. The molecule has 1 unspecified atom stereocenters. The molecule has 8 nitrogen and oxygen atoms in total. The van der Waals surface area contributed by atoms with Crippen LogP contribution in [-0.2, 0) is 0 Å². The van der Waals surface area contributed by atoms with E-state index in [0.717, 1.165) is 5.56 Å². The Bertz CT molecular complexity index is 955. The molecule has 128 valence electrons. The van der Waals surface area contributed by atoms with Gasteiger partial charge in [-0.05, 0) is 18.6 Å². The third-order valence-electron chi connectivity index (χ3n) is 4.42. The molecule has 1 saturated heterocycles. The van der Waals surface area contributed by atoms with E-state index in [2.05, 4.69) is 9.97 Å². The van der Waals surface area contributed by atoms with Crippen LogP contribution in [-0.4, -0.2) is 48.9 Å². The lowest BCUT2D eigenvalue weighted by molar-refractivity contribution is 0.154. The standard InChI is InChI=1S/C16H15ClN6O2/c17-10-3-1-9(2-4-10)13-12-14(18)19-8-20-15(12)23(21-13)11-5-6-22(7-11)16(24)25/h1-4,8,11H,5-7H2,(H,24,25)(H2,18,19,20). The number of nitrogens with zero attached hydrogens (tertiary/aromatic N) is 5. The van der Waals surface area contributed by atoms with Crippen LogP contribution in [0.25, 0.3) is 22.3 Å². The van der Waals surface area contributed by atoms with Crippen LogP contribution in [0.4, 0.5) is 10.6 Å². The van der Waals surface area contributed by atoms with Crippen LogP contribution in [0, 0.1) is 0 Å². The second kappa shape index (κ2) is 5.89. The average molecular weight is 359 g/mol. The van der Waals surface area contributed by atoms with Crippen molar-refractivity contribution in [3.8, 4) is 11.3 Å². The van der Waals surface area contributed by atoms with Gasteiger partial charge in [-0.2, -0.15) is 5.10 Å². The first-order valence-corrected chi connectivity index (χ1v) is 8.15. The molecule has 3 N–H and O–H groups in total. The highest BCUT2D eigenvalue weighted by molar-refractivity contribution is 6.30. The van der Waals surface area contributed by atoms with Gasteiger partial charge in [0.1, 0.15) is 17.8 Å². The molecule has 0 radical (unpaired) electrons. The van der Waals surface area contributed by atoms with E-state index < -0.39 is 6.09 Å². The van der Waals surface area contributed by atoms with Crippen molar-refractivity contribution >= 4 is 34.5 Å². The van der Waals surface area contributed by atoms with E-state index in [4.69, 9.17) is 22.4 Å². The molecule has 25 heavy (non-hydrogen) atoms. The molecule has 0 spiro atoms. The molecule has 0 bridgehead atoms. The molecule has 9 heteroatoms. The third kappa shape index (κ3) is 2.64. The highest BCUT2D eigenvalue weighted by atomic mass is 35.5. The van der Waals surface area contributed by atoms with Gasteiger partial charge in [-0.15, -0.1) is 0 Å². The molecule has 1 amide bonds. The molecule has 1 atom stereocenters. The Morgan fingerprint density at radius 3 is 2.72 bits per heavy atom. The number of anilines is 1. The van der Waals surface area contributed by atoms with Gasteiger partial charge in [0.25, 0.3) is 0 Å². The van der Waals surface area contributed by atoms with Gasteiger partial charge in [-0.1, -0.05) is 23.7 Å². The van der Waals surface area contributed by atoms with Crippen molar-refractivity contribution in [1.82, 2.24) is 24.6 Å². The molecule has 0 aliphatic carbocycles. The minimum absolute atomic E-state index is 0.0889. The number of nitrogens with two attached hydrogens (primary N) is 1. The predicted molar refractivity (Wildman–Crippen MR) is 93.4 cm³/mol. The fraction of sp³-hybridized carbons (Fsp3) is 0.250. The lowest BCUT2D eigenvalue weighted by Crippen LogP contribution is -2.27. The SMILES string of the molecule is Nc1ncnc2c1c(-c1ccc(Cl)cc1)nn2C1CCN(C(=O)O)C1. The molecule has 1 aromatic carbocycles. The topological polar surface area (TPSA) is 110 Å². The number of carboxylic acid groups (broad SMARTS) is 1. The lowest BCUT2D eigenvalue weighted by atomic mass is 10.1. The fourth-order valence-corrected chi connectivity index (χ4v) is 3.30. The maximum absolute atomic E-state index is 11.2. The van der Waals surface area contributed by atoms with Gasteiger partial charge in [0.15, 0.2) is 5.65 Å². The van der Waals surface area contributed by atoms with Crippen molar-refractivity contribution in [1.29, 1.82) is 0 Å². The minimum Gasteiger partial charge on any atom is -0.465 e. The van der Waals surface area contributed by atoms with E-state index in [-0.39, 0.29) is 6.04 Å². The Labute approximate surface area is 147 Å². The van der Waals surface area contributed by atoms with Crippen LogP contribution in [0.2, 0.25) is 5.02 Å². The number of benzene rings is 1. The summed E-state index contributed by atoms with van der Waals surface area (Å²) in [4.78, 5) is 21.0. The number of amides is 1. The Morgan fingerprint density at radius 2 is 2.04 bits per heavy atom. The van der Waals surface area contributed by atoms with E-state index in [1.54, 1.807) is 16.8 Å². The highest BCUT2D eigenvalue weighted by Gasteiger charge is 2.30. The van der Waals surface area contributed by atoms with E-state index in [1.165, 1.54) is 11.2 Å². The number of hydrogen-bond acceptors (Lipinski definition) is 5. The number of carbonyl (C=O) groups is 1. The summed E-state index contributed by atoms with van der Waals surface area (Å²) in [7, 11) is 0. The summed E-state index contributed by atoms with van der Waals surface area (Å²) in [6.45, 7) is 0.842. The molecule has 4 rings (SSSR count). The van der Waals surface area contributed by atoms with Crippen LogP contribution < -0.4 is 5.73 Å². The number of rotatable bonds is 2. The number of likely N-dealkylation sites (tertiary alicyclic amines) is 1. The molecule has 1 fully saturated rings. The van der Waals surface area contributed by atoms with Crippen molar-refractivity contribution in [2.24, 2.45) is 0 Å². The van der Waals surface area contributed by atoms with Gasteiger partial charge in [-0.25, -0.2) is 19.4 Å². The van der Waals surface area contributed by atoms with E-state index in [9.17, 15) is 9.90 Å². The monoisotopic (exact) mass is 358 g/mol. The van der Waals surface area contributed by atoms with Gasteiger partial charge < -0.3 is 15.7 Å². The maximum Gasteiger partial charge on any atom is 0.407 e. The number of nitrogen functional groups attached to an aromatic ring is 1. The number of aromatic nitrogens is 4. The van der Waals surface area contributed by atoms with Gasteiger partial charge >= 0.3 is 6.09 Å². The first-order valence-electron chi connectivity index (χ1n) is 7.77. The first kappa shape index (κ1) is 15.6. The van der Waals surface area contributed by atoms with Crippen LogP contribution in [0.15, 0.2) is 30.6 Å². The highest BCUT2D eigenvalue weighted by Crippen LogP contribution is 2.34. The summed E-state index contributed by atoms with van der Waals surface area (Å²) < 4.78 is 1.76. The summed E-state index contributed by atoms with van der Waals surface area (Å²) in [5, 5.41) is 15.2. The van der Waals surface area contributed by atoms with E-state index in [1.807, 2.05) is 12.1 Å². The minimum atomic E-state index is -0.925. The van der Waals surface area contributed by atoms with Gasteiger partial charge in [0.05, 0.1) is 11.4 Å². The Hall–Kier alpha value is -2.87. The number of halogens is 1. The summed E-state index contributed by atoms with van der Waals surface area (Å²) >= 11 is 5.97. The third-order valence-corrected chi connectivity index (χ3v) is 4.67. The van der Waals surface area contributed by atoms with E-state index in [0.29, 0.717) is 47.1 Å². The zero-order valence-electron chi connectivity index (χ0n) is 13.1.